The summed E-state index contributed by atoms with van der Waals surface area (Å²) in [7, 11) is 0. The molecule has 1 saturated heterocycles. The number of benzene rings is 1. The third kappa shape index (κ3) is 5.98. The number of rotatable bonds is 3. The molecule has 5 heteroatoms. The Kier molecular flexibility index (Phi) is 8.43. The second-order valence-corrected chi connectivity index (χ2v) is 6.95. The smallest absolute Gasteiger partial charge is 0.139 e. The van der Waals surface area contributed by atoms with E-state index in [1.54, 1.807) is 0 Å². The second-order valence-electron chi connectivity index (χ2n) is 6.54. The van der Waals surface area contributed by atoms with Crippen molar-refractivity contribution >= 4 is 11.6 Å². The lowest BCUT2D eigenvalue weighted by atomic mass is 9.84. The van der Waals surface area contributed by atoms with Gasteiger partial charge < -0.3 is 10.1 Å². The van der Waals surface area contributed by atoms with Crippen molar-refractivity contribution in [3.8, 4) is 0 Å². The van der Waals surface area contributed by atoms with Gasteiger partial charge in [-0.2, -0.15) is 0 Å². The number of ether oxygens (including phenoxy) is 1. The van der Waals surface area contributed by atoms with Crippen LogP contribution in [0.3, 0.4) is 0 Å². The standard InChI is InChI=1S/C12H14ClF.C7H14FNO/c13-12-8-10(14)6-7-11(12)9-4-2-1-3-5-9;1-2-9-7-3-4-10-5-6(7)8/h6-9H,1-5H2;6-7,9H,2-5H2,1H3. The molecule has 0 radical (unpaired) electrons. The van der Waals surface area contributed by atoms with E-state index >= 15 is 0 Å². The largest absolute Gasteiger partial charge is 0.378 e. The molecule has 2 nitrogen and oxygen atoms in total. The first-order valence-corrected chi connectivity index (χ1v) is 9.39. The monoisotopic (exact) mass is 359 g/mol. The van der Waals surface area contributed by atoms with Crippen LogP contribution in [0.1, 0.15) is 56.9 Å². The summed E-state index contributed by atoms with van der Waals surface area (Å²) in [4.78, 5) is 0. The molecular formula is C19H28ClF2NO. The van der Waals surface area contributed by atoms with Gasteiger partial charge in [-0.15, -0.1) is 0 Å². The van der Waals surface area contributed by atoms with Crippen molar-refractivity contribution in [1.82, 2.24) is 5.32 Å². The lowest BCUT2D eigenvalue weighted by Crippen LogP contribution is -2.44. The van der Waals surface area contributed by atoms with Crippen LogP contribution in [0.5, 0.6) is 0 Å². The highest BCUT2D eigenvalue weighted by Crippen LogP contribution is 2.36. The van der Waals surface area contributed by atoms with Gasteiger partial charge in [-0.1, -0.05) is 43.9 Å². The van der Waals surface area contributed by atoms with E-state index in [1.807, 2.05) is 13.0 Å². The van der Waals surface area contributed by atoms with E-state index in [9.17, 15) is 8.78 Å². The van der Waals surface area contributed by atoms with Crippen LogP contribution in [0.25, 0.3) is 0 Å². The minimum absolute atomic E-state index is 0.0266. The van der Waals surface area contributed by atoms with Crippen LogP contribution >= 0.6 is 11.6 Å². The van der Waals surface area contributed by atoms with E-state index in [0.717, 1.165) is 18.5 Å². The van der Waals surface area contributed by atoms with E-state index in [1.165, 1.54) is 44.2 Å². The molecular weight excluding hydrogens is 332 g/mol. The topological polar surface area (TPSA) is 21.3 Å². The van der Waals surface area contributed by atoms with Crippen LogP contribution in [0, 0.1) is 5.82 Å². The van der Waals surface area contributed by atoms with Gasteiger partial charge in [-0.25, -0.2) is 8.78 Å². The Labute approximate surface area is 148 Å². The number of alkyl halides is 1. The molecule has 2 fully saturated rings. The van der Waals surface area contributed by atoms with Gasteiger partial charge in [-0.05, 0) is 49.4 Å². The first-order chi connectivity index (χ1) is 11.6. The van der Waals surface area contributed by atoms with E-state index in [4.69, 9.17) is 16.3 Å². The van der Waals surface area contributed by atoms with E-state index < -0.39 is 6.17 Å². The minimum atomic E-state index is -0.811. The summed E-state index contributed by atoms with van der Waals surface area (Å²) in [5.74, 6) is 0.311. The van der Waals surface area contributed by atoms with Gasteiger partial charge in [0.05, 0.1) is 6.61 Å². The summed E-state index contributed by atoms with van der Waals surface area (Å²) in [6.45, 7) is 3.78. The molecule has 24 heavy (non-hydrogen) atoms. The first-order valence-electron chi connectivity index (χ1n) is 9.02. The molecule has 0 aromatic heterocycles. The molecule has 2 unspecified atom stereocenters. The Morgan fingerprint density at radius 3 is 2.58 bits per heavy atom. The lowest BCUT2D eigenvalue weighted by molar-refractivity contribution is 0.0145. The predicted molar refractivity (Wildman–Crippen MR) is 95.0 cm³/mol. The van der Waals surface area contributed by atoms with E-state index in [2.05, 4.69) is 5.32 Å². The summed E-state index contributed by atoms with van der Waals surface area (Å²) in [6.07, 6.45) is 6.27. The van der Waals surface area contributed by atoms with Gasteiger partial charge in [0.2, 0.25) is 0 Å². The quantitative estimate of drug-likeness (QED) is 0.795. The van der Waals surface area contributed by atoms with Crippen molar-refractivity contribution < 1.29 is 13.5 Å². The van der Waals surface area contributed by atoms with Crippen LogP contribution in [0.15, 0.2) is 18.2 Å². The van der Waals surface area contributed by atoms with Crippen molar-refractivity contribution in [3.05, 3.63) is 34.6 Å². The Balaban J connectivity index is 0.000000185. The fourth-order valence-electron chi connectivity index (χ4n) is 3.44. The van der Waals surface area contributed by atoms with Crippen LogP contribution < -0.4 is 5.32 Å². The second kappa shape index (κ2) is 10.3. The highest BCUT2D eigenvalue weighted by atomic mass is 35.5. The molecule has 1 aliphatic carbocycles. The highest BCUT2D eigenvalue weighted by Gasteiger charge is 2.23. The summed E-state index contributed by atoms with van der Waals surface area (Å²) in [5, 5.41) is 3.67. The molecule has 2 atom stereocenters. The zero-order chi connectivity index (χ0) is 17.4. The summed E-state index contributed by atoms with van der Waals surface area (Å²) in [5.41, 5.74) is 1.13. The van der Waals surface area contributed by atoms with Crippen molar-refractivity contribution in [2.45, 2.75) is 63.6 Å². The molecule has 1 aromatic rings. The highest BCUT2D eigenvalue weighted by molar-refractivity contribution is 6.31. The van der Waals surface area contributed by atoms with Crippen LogP contribution in [-0.2, 0) is 4.74 Å². The molecule has 3 rings (SSSR count). The van der Waals surface area contributed by atoms with Crippen LogP contribution in [0.2, 0.25) is 5.02 Å². The van der Waals surface area contributed by atoms with Crippen molar-refractivity contribution in [3.63, 3.8) is 0 Å². The van der Waals surface area contributed by atoms with E-state index in [-0.39, 0.29) is 18.5 Å². The molecule has 2 aliphatic rings. The molecule has 1 aliphatic heterocycles. The van der Waals surface area contributed by atoms with Crippen molar-refractivity contribution in [2.75, 3.05) is 19.8 Å². The van der Waals surface area contributed by atoms with Gasteiger partial charge in [-0.3, -0.25) is 0 Å². The zero-order valence-electron chi connectivity index (χ0n) is 14.4. The molecule has 0 amide bonds. The maximum atomic E-state index is 12.8. The van der Waals surface area contributed by atoms with Gasteiger partial charge in [0, 0.05) is 17.7 Å². The Morgan fingerprint density at radius 2 is 1.96 bits per heavy atom. The number of nitrogens with one attached hydrogen (secondary N) is 1. The number of hydrogen-bond donors (Lipinski definition) is 1. The Hall–Kier alpha value is -0.710. The lowest BCUT2D eigenvalue weighted by Gasteiger charge is -2.26. The van der Waals surface area contributed by atoms with Gasteiger partial charge in [0.1, 0.15) is 12.0 Å². The summed E-state index contributed by atoms with van der Waals surface area (Å²) in [6, 6.07) is 4.80. The van der Waals surface area contributed by atoms with Crippen molar-refractivity contribution in [2.24, 2.45) is 0 Å². The van der Waals surface area contributed by atoms with Gasteiger partial charge in [0.25, 0.3) is 0 Å². The first kappa shape index (κ1) is 19.6. The maximum Gasteiger partial charge on any atom is 0.139 e. The van der Waals surface area contributed by atoms with Gasteiger partial charge >= 0.3 is 0 Å². The molecule has 1 saturated carbocycles. The Bertz CT molecular complexity index is 492. The molecule has 136 valence electrons. The third-order valence-corrected chi connectivity index (χ3v) is 5.09. The average Bonchev–Trinajstić information content (AvgIpc) is 2.59. The summed E-state index contributed by atoms with van der Waals surface area (Å²) >= 11 is 6.02. The number of halogens is 3. The fourth-order valence-corrected chi connectivity index (χ4v) is 3.76. The molecule has 1 N–H and O–H groups in total. The van der Waals surface area contributed by atoms with Crippen LogP contribution in [-0.4, -0.2) is 32.0 Å². The van der Waals surface area contributed by atoms with Gasteiger partial charge in [0.15, 0.2) is 0 Å². The fraction of sp³-hybridized carbons (Fsp3) is 0.684. The Morgan fingerprint density at radius 1 is 1.21 bits per heavy atom. The minimum Gasteiger partial charge on any atom is -0.378 e. The molecule has 0 spiro atoms. The SMILES string of the molecule is CCNC1CCOCC1F.Fc1ccc(C2CCCCC2)c(Cl)c1. The van der Waals surface area contributed by atoms with Crippen LogP contribution in [0.4, 0.5) is 8.78 Å². The normalized spacial score (nSPS) is 25.0. The number of hydrogen-bond acceptors (Lipinski definition) is 2. The van der Waals surface area contributed by atoms with E-state index in [0.29, 0.717) is 17.5 Å². The maximum absolute atomic E-state index is 12.8. The zero-order valence-corrected chi connectivity index (χ0v) is 15.1. The molecule has 1 aromatic carbocycles. The predicted octanol–water partition coefficient (Wildman–Crippen LogP) is 5.25. The molecule has 1 heterocycles. The summed E-state index contributed by atoms with van der Waals surface area (Å²) < 4.78 is 30.6. The average molecular weight is 360 g/mol. The molecule has 0 bridgehead atoms. The van der Waals surface area contributed by atoms with Crippen molar-refractivity contribution in [1.29, 1.82) is 0 Å². The third-order valence-electron chi connectivity index (χ3n) is 4.76.